The third kappa shape index (κ3) is 3.20. The predicted molar refractivity (Wildman–Crippen MR) is 77.5 cm³/mol. The normalized spacial score (nSPS) is 24.6. The van der Waals surface area contributed by atoms with Crippen LogP contribution in [0.1, 0.15) is 37.5 Å². The average molecular weight is 346 g/mol. The molecule has 1 aromatic carbocycles. The summed E-state index contributed by atoms with van der Waals surface area (Å²) in [7, 11) is 0. The summed E-state index contributed by atoms with van der Waals surface area (Å²) < 4.78 is 12.1. The van der Waals surface area contributed by atoms with Gasteiger partial charge in [0, 0.05) is 10.5 Å². The number of fused-ring (bicyclic) bond motifs is 1. The number of hydrogen-bond donors (Lipinski definition) is 0. The van der Waals surface area contributed by atoms with Gasteiger partial charge in [-0.2, -0.15) is 0 Å². The van der Waals surface area contributed by atoms with Gasteiger partial charge in [-0.1, -0.05) is 53.8 Å². The highest BCUT2D eigenvalue weighted by molar-refractivity contribution is 14.1. The summed E-state index contributed by atoms with van der Waals surface area (Å²) in [6.45, 7) is 4.86. The van der Waals surface area contributed by atoms with Crippen LogP contribution in [0.2, 0.25) is 0 Å². The van der Waals surface area contributed by atoms with E-state index < -0.39 is 0 Å². The van der Waals surface area contributed by atoms with E-state index in [-0.39, 0.29) is 12.4 Å². The van der Waals surface area contributed by atoms with E-state index in [2.05, 4.69) is 53.8 Å². The van der Waals surface area contributed by atoms with E-state index in [0.29, 0.717) is 3.92 Å². The number of ether oxygens (including phenoxy) is 2. The summed E-state index contributed by atoms with van der Waals surface area (Å²) in [6, 6.07) is 8.55. The van der Waals surface area contributed by atoms with Gasteiger partial charge in [-0.05, 0) is 30.9 Å². The molecule has 0 heterocycles. The fourth-order valence-corrected chi connectivity index (χ4v) is 3.23. The third-order valence-electron chi connectivity index (χ3n) is 3.00. The van der Waals surface area contributed by atoms with Crippen molar-refractivity contribution in [3.8, 4) is 0 Å². The molecular formula is C14H19IO2. The largest absolute Gasteiger partial charge is 0.353 e. The molecule has 1 aliphatic carbocycles. The van der Waals surface area contributed by atoms with Crippen molar-refractivity contribution in [1.29, 1.82) is 0 Å². The predicted octanol–water partition coefficient (Wildman–Crippen LogP) is 3.88. The zero-order valence-electron chi connectivity index (χ0n) is 10.4. The lowest BCUT2D eigenvalue weighted by Crippen LogP contribution is -2.20. The second-order valence-corrected chi connectivity index (χ2v) is 6.01. The monoisotopic (exact) mass is 346 g/mol. The van der Waals surface area contributed by atoms with Gasteiger partial charge < -0.3 is 9.47 Å². The van der Waals surface area contributed by atoms with Gasteiger partial charge in [-0.3, -0.25) is 0 Å². The molecule has 3 atom stereocenters. The zero-order chi connectivity index (χ0) is 12.3. The molecule has 2 nitrogen and oxygen atoms in total. The van der Waals surface area contributed by atoms with Crippen LogP contribution in [-0.4, -0.2) is 16.8 Å². The second-order valence-electron chi connectivity index (χ2n) is 4.41. The van der Waals surface area contributed by atoms with Crippen LogP contribution < -0.4 is 0 Å². The standard InChI is InChI=1S/C14H19IO2/c1-3-8-16-10(2)17-14-12-7-5-4-6-11(12)9-13(14)15/h4-7,10,13-14H,3,8-9H2,1-2H3. The molecule has 0 amide bonds. The molecular weight excluding hydrogens is 327 g/mol. The molecule has 0 radical (unpaired) electrons. The van der Waals surface area contributed by atoms with Gasteiger partial charge in [0.2, 0.25) is 0 Å². The molecule has 1 aliphatic rings. The topological polar surface area (TPSA) is 18.5 Å². The number of hydrogen-bond acceptors (Lipinski definition) is 2. The molecule has 0 aromatic heterocycles. The molecule has 1 aromatic rings. The molecule has 17 heavy (non-hydrogen) atoms. The van der Waals surface area contributed by atoms with E-state index in [9.17, 15) is 0 Å². The Balaban J connectivity index is 2.01. The van der Waals surface area contributed by atoms with Crippen LogP contribution in [0.5, 0.6) is 0 Å². The molecule has 3 heteroatoms. The lowest BCUT2D eigenvalue weighted by atomic mass is 10.1. The summed E-state index contributed by atoms with van der Waals surface area (Å²) in [4.78, 5) is 0. The number of alkyl halides is 1. The van der Waals surface area contributed by atoms with Crippen LogP contribution in [0, 0.1) is 0 Å². The van der Waals surface area contributed by atoms with Crippen molar-refractivity contribution in [3.05, 3.63) is 35.4 Å². The highest BCUT2D eigenvalue weighted by Gasteiger charge is 2.32. The average Bonchev–Trinajstić information content (AvgIpc) is 2.64. The van der Waals surface area contributed by atoms with Crippen LogP contribution in [-0.2, 0) is 15.9 Å². The molecule has 0 saturated heterocycles. The minimum absolute atomic E-state index is 0.122. The Morgan fingerprint density at radius 2 is 2.18 bits per heavy atom. The van der Waals surface area contributed by atoms with Gasteiger partial charge in [0.1, 0.15) is 0 Å². The summed E-state index contributed by atoms with van der Waals surface area (Å²) in [6.07, 6.45) is 2.19. The van der Waals surface area contributed by atoms with Gasteiger partial charge in [0.05, 0.1) is 6.10 Å². The van der Waals surface area contributed by atoms with Gasteiger partial charge >= 0.3 is 0 Å². The van der Waals surface area contributed by atoms with Crippen molar-refractivity contribution in [2.24, 2.45) is 0 Å². The van der Waals surface area contributed by atoms with Crippen molar-refractivity contribution in [1.82, 2.24) is 0 Å². The van der Waals surface area contributed by atoms with E-state index in [4.69, 9.17) is 9.47 Å². The van der Waals surface area contributed by atoms with E-state index in [1.165, 1.54) is 11.1 Å². The highest BCUT2D eigenvalue weighted by Crippen LogP contribution is 2.39. The molecule has 94 valence electrons. The first-order chi connectivity index (χ1) is 8.22. The SMILES string of the molecule is CCCOC(C)OC1c2ccccc2CC1I. The molecule has 2 rings (SSSR count). The van der Waals surface area contributed by atoms with Crippen LogP contribution in [0.25, 0.3) is 0 Å². The van der Waals surface area contributed by atoms with Crippen LogP contribution in [0.3, 0.4) is 0 Å². The minimum Gasteiger partial charge on any atom is -0.353 e. The van der Waals surface area contributed by atoms with Crippen molar-refractivity contribution < 1.29 is 9.47 Å². The first-order valence-corrected chi connectivity index (χ1v) is 7.46. The van der Waals surface area contributed by atoms with Gasteiger partial charge in [0.15, 0.2) is 6.29 Å². The number of benzene rings is 1. The quantitative estimate of drug-likeness (QED) is 0.458. The van der Waals surface area contributed by atoms with Gasteiger partial charge in [0.25, 0.3) is 0 Å². The number of halogens is 1. The molecule has 3 unspecified atom stereocenters. The third-order valence-corrected chi connectivity index (χ3v) is 4.09. The molecule has 0 fully saturated rings. The summed E-state index contributed by atoms with van der Waals surface area (Å²) in [5.41, 5.74) is 2.75. The summed E-state index contributed by atoms with van der Waals surface area (Å²) in [5.74, 6) is 0. The highest BCUT2D eigenvalue weighted by atomic mass is 127. The molecule has 0 bridgehead atoms. The van der Waals surface area contributed by atoms with E-state index in [0.717, 1.165) is 19.4 Å². The molecule has 0 aliphatic heterocycles. The van der Waals surface area contributed by atoms with E-state index in [1.54, 1.807) is 0 Å². The molecule has 0 N–H and O–H groups in total. The Kier molecular flexibility index (Phi) is 4.82. The van der Waals surface area contributed by atoms with Gasteiger partial charge in [-0.15, -0.1) is 0 Å². The zero-order valence-corrected chi connectivity index (χ0v) is 12.5. The Morgan fingerprint density at radius 1 is 1.41 bits per heavy atom. The van der Waals surface area contributed by atoms with Crippen molar-refractivity contribution in [3.63, 3.8) is 0 Å². The van der Waals surface area contributed by atoms with Crippen molar-refractivity contribution >= 4 is 22.6 Å². The first-order valence-electron chi connectivity index (χ1n) is 6.21. The Labute approximate surface area is 117 Å². The van der Waals surface area contributed by atoms with Crippen LogP contribution in [0.15, 0.2) is 24.3 Å². The first kappa shape index (κ1) is 13.3. The van der Waals surface area contributed by atoms with Crippen LogP contribution >= 0.6 is 22.6 Å². The minimum atomic E-state index is -0.122. The fraction of sp³-hybridized carbons (Fsp3) is 0.571. The van der Waals surface area contributed by atoms with Crippen LogP contribution in [0.4, 0.5) is 0 Å². The van der Waals surface area contributed by atoms with Crippen molar-refractivity contribution in [2.75, 3.05) is 6.61 Å². The fourth-order valence-electron chi connectivity index (χ4n) is 2.20. The van der Waals surface area contributed by atoms with Crippen molar-refractivity contribution in [2.45, 2.75) is 43.0 Å². The van der Waals surface area contributed by atoms with E-state index in [1.807, 2.05) is 6.92 Å². The van der Waals surface area contributed by atoms with Gasteiger partial charge in [-0.25, -0.2) is 0 Å². The lowest BCUT2D eigenvalue weighted by Gasteiger charge is -2.22. The Bertz CT molecular complexity index is 367. The maximum Gasteiger partial charge on any atom is 0.155 e. The maximum absolute atomic E-state index is 6.02. The molecule has 0 saturated carbocycles. The molecule has 0 spiro atoms. The number of rotatable bonds is 5. The Hall–Kier alpha value is -0.130. The summed E-state index contributed by atoms with van der Waals surface area (Å²) >= 11 is 2.48. The maximum atomic E-state index is 6.02. The van der Waals surface area contributed by atoms with E-state index >= 15 is 0 Å². The lowest BCUT2D eigenvalue weighted by molar-refractivity contribution is -0.158. The second kappa shape index (κ2) is 6.16. The smallest absolute Gasteiger partial charge is 0.155 e. The Morgan fingerprint density at radius 3 is 2.94 bits per heavy atom. The summed E-state index contributed by atoms with van der Waals surface area (Å²) in [5, 5.41) is 0.